The van der Waals surface area contributed by atoms with Crippen molar-refractivity contribution in [3.63, 3.8) is 0 Å². The number of carbonyl (C=O) groups is 1. The van der Waals surface area contributed by atoms with Crippen molar-refractivity contribution in [1.82, 2.24) is 0 Å². The van der Waals surface area contributed by atoms with E-state index in [1.165, 1.54) is 0 Å². The lowest BCUT2D eigenvalue weighted by atomic mass is 9.98. The number of rotatable bonds is 2. The summed E-state index contributed by atoms with van der Waals surface area (Å²) in [7, 11) is 0. The van der Waals surface area contributed by atoms with Crippen LogP contribution in [0, 0.1) is 5.41 Å². The van der Waals surface area contributed by atoms with Crippen molar-refractivity contribution >= 4 is 18.4 Å². The van der Waals surface area contributed by atoms with E-state index < -0.39 is 11.4 Å². The van der Waals surface area contributed by atoms with Gasteiger partial charge >= 0.3 is 0 Å². The Morgan fingerprint density at radius 1 is 1.07 bits per heavy atom. The second-order valence-electron chi connectivity index (χ2n) is 5.22. The molecule has 94 valence electrons. The van der Waals surface area contributed by atoms with E-state index in [-0.39, 0.29) is 12.4 Å². The molecular formula is C11H26ClNO2. The highest BCUT2D eigenvalue weighted by Gasteiger charge is 2.09. The number of hydrogen-bond donors (Lipinski definition) is 1. The van der Waals surface area contributed by atoms with Crippen LogP contribution in [0.15, 0.2) is 0 Å². The van der Waals surface area contributed by atoms with Gasteiger partial charge in [0.05, 0.1) is 12.1 Å². The highest BCUT2D eigenvalue weighted by atomic mass is 35.5. The molecule has 0 aliphatic carbocycles. The molecule has 0 saturated heterocycles. The van der Waals surface area contributed by atoms with Crippen LogP contribution >= 0.6 is 12.4 Å². The van der Waals surface area contributed by atoms with Gasteiger partial charge in [-0.15, -0.1) is 12.4 Å². The molecule has 2 N–H and O–H groups in total. The molecule has 15 heavy (non-hydrogen) atoms. The molecule has 0 amide bonds. The Morgan fingerprint density at radius 3 is 1.27 bits per heavy atom. The van der Waals surface area contributed by atoms with Crippen LogP contribution in [-0.2, 0) is 4.79 Å². The van der Waals surface area contributed by atoms with Gasteiger partial charge in [-0.05, 0) is 27.7 Å². The molecule has 0 saturated carbocycles. The molecule has 0 heterocycles. The van der Waals surface area contributed by atoms with Crippen LogP contribution in [0.5, 0.6) is 0 Å². The van der Waals surface area contributed by atoms with E-state index in [0.717, 1.165) is 12.1 Å². The zero-order chi connectivity index (χ0) is 11.9. The van der Waals surface area contributed by atoms with Gasteiger partial charge in [-0.2, -0.15) is 0 Å². The van der Waals surface area contributed by atoms with Crippen molar-refractivity contribution in [3.05, 3.63) is 0 Å². The van der Waals surface area contributed by atoms with E-state index in [0.29, 0.717) is 0 Å². The fraction of sp³-hybridized carbons (Fsp3) is 0.909. The normalized spacial score (nSPS) is 10.5. The molecular weight excluding hydrogens is 214 g/mol. The molecule has 0 radical (unpaired) electrons. The molecule has 0 bridgehead atoms. The van der Waals surface area contributed by atoms with Gasteiger partial charge in [0.15, 0.2) is 0 Å². The molecule has 0 aromatic heterocycles. The lowest BCUT2D eigenvalue weighted by molar-refractivity contribution is -0.709. The van der Waals surface area contributed by atoms with Crippen molar-refractivity contribution in [2.45, 2.75) is 60.5 Å². The molecule has 0 spiro atoms. The van der Waals surface area contributed by atoms with Gasteiger partial charge in [0.1, 0.15) is 0 Å². The highest BCUT2D eigenvalue weighted by molar-refractivity contribution is 5.85. The second-order valence-corrected chi connectivity index (χ2v) is 5.22. The van der Waals surface area contributed by atoms with Gasteiger partial charge in [0.2, 0.25) is 0 Å². The molecule has 0 atom stereocenters. The van der Waals surface area contributed by atoms with E-state index >= 15 is 0 Å². The van der Waals surface area contributed by atoms with E-state index in [1.54, 1.807) is 20.8 Å². The van der Waals surface area contributed by atoms with Crippen LogP contribution < -0.4 is 10.4 Å². The van der Waals surface area contributed by atoms with E-state index in [2.05, 4.69) is 33.0 Å². The summed E-state index contributed by atoms with van der Waals surface area (Å²) in [5, 5.41) is 12.2. The Bertz CT molecular complexity index is 156. The molecule has 0 aromatic carbocycles. The molecule has 0 rings (SSSR count). The number of carboxylic acids is 1. The monoisotopic (exact) mass is 239 g/mol. The maximum Gasteiger partial charge on any atom is 0.0803 e. The van der Waals surface area contributed by atoms with Crippen LogP contribution in [0.2, 0.25) is 0 Å². The lowest BCUT2D eigenvalue weighted by Gasteiger charge is -2.18. The predicted octanol–water partition coefficient (Wildman–Crippen LogP) is 0.571. The first-order valence-corrected chi connectivity index (χ1v) is 5.13. The first kappa shape index (κ1) is 20.2. The summed E-state index contributed by atoms with van der Waals surface area (Å²) in [6.07, 6.45) is 0. The van der Waals surface area contributed by atoms with Gasteiger partial charge in [0.25, 0.3) is 0 Å². The third kappa shape index (κ3) is 19.9. The lowest BCUT2D eigenvalue weighted by Crippen LogP contribution is -2.92. The smallest absolute Gasteiger partial charge is 0.0803 e. The van der Waals surface area contributed by atoms with Crippen LogP contribution in [-0.4, -0.2) is 18.1 Å². The molecule has 0 aliphatic rings. The average Bonchev–Trinajstić information content (AvgIpc) is 1.81. The number of carboxylic acid groups (broad SMARTS) is 1. The first-order chi connectivity index (χ1) is 6.07. The summed E-state index contributed by atoms with van der Waals surface area (Å²) < 4.78 is 0. The summed E-state index contributed by atoms with van der Waals surface area (Å²) >= 11 is 0. The van der Waals surface area contributed by atoms with Gasteiger partial charge in [-0.3, -0.25) is 0 Å². The topological polar surface area (TPSA) is 56.7 Å². The minimum atomic E-state index is -1.01. The zero-order valence-electron chi connectivity index (χ0n) is 11.0. The van der Waals surface area contributed by atoms with Gasteiger partial charge in [-0.1, -0.05) is 20.8 Å². The Hall–Kier alpha value is -0.280. The third-order valence-corrected chi connectivity index (χ3v) is 1.38. The van der Waals surface area contributed by atoms with Crippen LogP contribution in [0.1, 0.15) is 48.5 Å². The molecule has 0 fully saturated rings. The molecule has 0 aromatic rings. The summed E-state index contributed by atoms with van der Waals surface area (Å²) in [4.78, 5) is 9.91. The summed E-state index contributed by atoms with van der Waals surface area (Å²) in [6.45, 7) is 13.6. The maximum atomic E-state index is 9.91. The summed E-state index contributed by atoms with van der Waals surface area (Å²) in [5.74, 6) is -1.01. The summed E-state index contributed by atoms with van der Waals surface area (Å²) in [6, 6.07) is 1.50. The van der Waals surface area contributed by atoms with E-state index in [9.17, 15) is 9.90 Å². The number of aliphatic carboxylic acids is 1. The van der Waals surface area contributed by atoms with Crippen molar-refractivity contribution < 1.29 is 15.2 Å². The van der Waals surface area contributed by atoms with Crippen molar-refractivity contribution in [1.29, 1.82) is 0 Å². The van der Waals surface area contributed by atoms with Crippen molar-refractivity contribution in [2.24, 2.45) is 5.41 Å². The number of carbonyl (C=O) groups excluding carboxylic acids is 1. The van der Waals surface area contributed by atoms with Crippen molar-refractivity contribution in [3.8, 4) is 0 Å². The third-order valence-electron chi connectivity index (χ3n) is 1.38. The Balaban J connectivity index is -0.000000180. The largest absolute Gasteiger partial charge is 0.550 e. The standard InChI is InChI=1S/C6H15N.C5H10O2.ClH/c1-5(2)7-6(3)4;1-5(2,3)4(6)7;/h5-7H,1-4H3;1-3H3,(H,6,7);1H. The quantitative estimate of drug-likeness (QED) is 0.766. The number of nitrogens with two attached hydrogens (primary N) is 1. The number of hydrogen-bond acceptors (Lipinski definition) is 2. The Kier molecular flexibility index (Phi) is 12.1. The zero-order valence-corrected chi connectivity index (χ0v) is 11.8. The molecule has 0 aliphatic heterocycles. The average molecular weight is 240 g/mol. The number of quaternary nitrogens is 1. The fourth-order valence-corrected chi connectivity index (χ4v) is 0.770. The van der Waals surface area contributed by atoms with E-state index in [1.807, 2.05) is 0 Å². The second kappa shape index (κ2) is 8.98. The van der Waals surface area contributed by atoms with Crippen LogP contribution in [0.25, 0.3) is 0 Å². The van der Waals surface area contributed by atoms with Crippen molar-refractivity contribution in [2.75, 3.05) is 0 Å². The molecule has 4 heteroatoms. The summed E-state index contributed by atoms with van der Waals surface area (Å²) in [5.41, 5.74) is -0.694. The maximum absolute atomic E-state index is 9.91. The first-order valence-electron chi connectivity index (χ1n) is 5.13. The van der Waals surface area contributed by atoms with Gasteiger partial charge in [-0.25, -0.2) is 0 Å². The highest BCUT2D eigenvalue weighted by Crippen LogP contribution is 2.09. The van der Waals surface area contributed by atoms with Crippen LogP contribution in [0.3, 0.4) is 0 Å². The minimum absolute atomic E-state index is 0. The SMILES string of the molecule is CC(C)(C)C(=O)[O-].CC(C)[NH2+]C(C)C.Cl. The van der Waals surface area contributed by atoms with Crippen LogP contribution in [0.4, 0.5) is 0 Å². The van der Waals surface area contributed by atoms with E-state index in [4.69, 9.17) is 0 Å². The fourth-order valence-electron chi connectivity index (χ4n) is 0.770. The van der Waals surface area contributed by atoms with Gasteiger partial charge < -0.3 is 15.2 Å². The Morgan fingerprint density at radius 2 is 1.27 bits per heavy atom. The Labute approximate surface area is 100 Å². The predicted molar refractivity (Wildman–Crippen MR) is 63.9 cm³/mol. The number of halogens is 1. The van der Waals surface area contributed by atoms with Gasteiger partial charge in [0, 0.05) is 11.4 Å². The minimum Gasteiger partial charge on any atom is -0.550 e. The molecule has 0 unspecified atom stereocenters. The molecule has 3 nitrogen and oxygen atoms in total.